The predicted molar refractivity (Wildman–Crippen MR) is 101 cm³/mol. The lowest BCUT2D eigenvalue weighted by molar-refractivity contribution is 0.232. The van der Waals surface area contributed by atoms with Gasteiger partial charge in [0.25, 0.3) is 0 Å². The van der Waals surface area contributed by atoms with E-state index in [0.29, 0.717) is 21.1 Å². The molecule has 0 radical (unpaired) electrons. The van der Waals surface area contributed by atoms with Crippen LogP contribution in [-0.2, 0) is 4.52 Å². The van der Waals surface area contributed by atoms with Crippen molar-refractivity contribution in [2.45, 2.75) is 37.6 Å². The number of rotatable bonds is 4. The standard InChI is InChI=1S/C19H24NOPSi/c1-23(16-9-4-2-5-10-16,17-11-6-3-7-12-17)15-19-18-13-8-14-20(18)22-21-19/h2-7,9-12,18-19,22H,8,13-15H2,1H3/t18-,19+/m1/s1. The predicted octanol–water partition coefficient (Wildman–Crippen LogP) is 3.25. The average Bonchev–Trinajstić information content (AvgIpc) is 3.21. The lowest BCUT2D eigenvalue weighted by Crippen LogP contribution is -2.58. The molecule has 4 heteroatoms. The van der Waals surface area contributed by atoms with Crippen LogP contribution >= 0.6 is 8.96 Å². The Morgan fingerprint density at radius 3 is 2.26 bits per heavy atom. The molecule has 2 nitrogen and oxygen atoms in total. The quantitative estimate of drug-likeness (QED) is 0.625. The van der Waals surface area contributed by atoms with E-state index in [1.54, 1.807) is 0 Å². The molecule has 2 aromatic rings. The topological polar surface area (TPSA) is 12.5 Å². The van der Waals surface area contributed by atoms with Crippen molar-refractivity contribution in [1.29, 1.82) is 0 Å². The number of fused-ring (bicyclic) bond motifs is 1. The molecule has 3 atom stereocenters. The fourth-order valence-electron chi connectivity index (χ4n) is 4.10. The maximum absolute atomic E-state index is 6.25. The molecular formula is C19H24NOPSi. The monoisotopic (exact) mass is 341 g/mol. The Balaban J connectivity index is 1.69. The molecule has 23 heavy (non-hydrogen) atoms. The highest BCUT2D eigenvalue weighted by Crippen LogP contribution is 2.44. The smallest absolute Gasteiger partial charge is 0.117 e. The average molecular weight is 341 g/mol. The Bertz CT molecular complexity index is 611. The van der Waals surface area contributed by atoms with Gasteiger partial charge in [0, 0.05) is 12.6 Å². The fraction of sp³-hybridized carbons (Fsp3) is 0.368. The Labute approximate surface area is 141 Å². The lowest BCUT2D eigenvalue weighted by Gasteiger charge is -2.32. The SMILES string of the molecule is C[Si](C[C@@H]1OPN2CCC[C@H]12)(c1ccccc1)c1ccccc1. The minimum Gasteiger partial charge on any atom is -0.342 e. The first-order valence-corrected chi connectivity index (χ1v) is 12.1. The third kappa shape index (κ3) is 2.92. The van der Waals surface area contributed by atoms with Crippen LogP contribution < -0.4 is 10.4 Å². The minimum atomic E-state index is -1.77. The van der Waals surface area contributed by atoms with Crippen molar-refractivity contribution >= 4 is 27.4 Å². The summed E-state index contributed by atoms with van der Waals surface area (Å²) in [5.74, 6) is 0. The maximum Gasteiger partial charge on any atom is 0.117 e. The molecule has 2 heterocycles. The van der Waals surface area contributed by atoms with Crippen molar-refractivity contribution in [3.63, 3.8) is 0 Å². The van der Waals surface area contributed by atoms with Gasteiger partial charge in [-0.15, -0.1) is 0 Å². The van der Waals surface area contributed by atoms with Gasteiger partial charge in [0.1, 0.15) is 8.07 Å². The van der Waals surface area contributed by atoms with Crippen molar-refractivity contribution in [2.75, 3.05) is 6.54 Å². The van der Waals surface area contributed by atoms with E-state index in [4.69, 9.17) is 4.52 Å². The van der Waals surface area contributed by atoms with Crippen molar-refractivity contribution in [2.24, 2.45) is 0 Å². The molecule has 4 rings (SSSR count). The van der Waals surface area contributed by atoms with E-state index in [9.17, 15) is 0 Å². The van der Waals surface area contributed by atoms with Gasteiger partial charge in [-0.3, -0.25) is 4.67 Å². The van der Waals surface area contributed by atoms with Gasteiger partial charge >= 0.3 is 0 Å². The van der Waals surface area contributed by atoms with Crippen molar-refractivity contribution < 1.29 is 4.52 Å². The Morgan fingerprint density at radius 1 is 1.04 bits per heavy atom. The van der Waals surface area contributed by atoms with Gasteiger partial charge in [0.05, 0.1) is 15.1 Å². The van der Waals surface area contributed by atoms with Gasteiger partial charge in [-0.25, -0.2) is 0 Å². The lowest BCUT2D eigenvalue weighted by atomic mass is 10.1. The molecule has 120 valence electrons. The van der Waals surface area contributed by atoms with Crippen molar-refractivity contribution in [1.82, 2.24) is 4.67 Å². The molecule has 1 unspecified atom stereocenters. The largest absolute Gasteiger partial charge is 0.342 e. The zero-order chi connectivity index (χ0) is 15.7. The van der Waals surface area contributed by atoms with Gasteiger partial charge in [-0.05, 0) is 18.9 Å². The molecule has 0 aromatic heterocycles. The number of benzene rings is 2. The molecule has 2 aliphatic rings. The van der Waals surface area contributed by atoms with E-state index >= 15 is 0 Å². The van der Waals surface area contributed by atoms with Gasteiger partial charge in [0.15, 0.2) is 0 Å². The summed E-state index contributed by atoms with van der Waals surface area (Å²) in [7, 11) is -1.19. The number of hydrogen-bond acceptors (Lipinski definition) is 2. The van der Waals surface area contributed by atoms with Crippen molar-refractivity contribution in [3.8, 4) is 0 Å². The summed E-state index contributed by atoms with van der Waals surface area (Å²) in [5, 5.41) is 3.05. The van der Waals surface area contributed by atoms with Crippen LogP contribution in [-0.4, -0.2) is 31.4 Å². The van der Waals surface area contributed by atoms with Crippen LogP contribution in [0, 0.1) is 0 Å². The third-order valence-corrected chi connectivity index (χ3v) is 11.1. The van der Waals surface area contributed by atoms with E-state index in [0.717, 1.165) is 0 Å². The molecule has 2 fully saturated rings. The van der Waals surface area contributed by atoms with Crippen molar-refractivity contribution in [3.05, 3.63) is 60.7 Å². The number of nitrogens with zero attached hydrogens (tertiary/aromatic N) is 1. The first kappa shape index (κ1) is 15.5. The zero-order valence-electron chi connectivity index (χ0n) is 13.6. The van der Waals surface area contributed by atoms with Gasteiger partial charge in [-0.1, -0.05) is 77.6 Å². The molecule has 0 spiro atoms. The van der Waals surface area contributed by atoms with E-state index in [1.165, 1.54) is 35.8 Å². The second-order valence-corrected chi connectivity index (χ2v) is 12.1. The summed E-state index contributed by atoms with van der Waals surface area (Å²) in [5.41, 5.74) is 0. The highest BCUT2D eigenvalue weighted by Gasteiger charge is 2.44. The van der Waals surface area contributed by atoms with Crippen LogP contribution in [0.1, 0.15) is 12.8 Å². The second kappa shape index (κ2) is 6.49. The van der Waals surface area contributed by atoms with E-state index in [-0.39, 0.29) is 0 Å². The summed E-state index contributed by atoms with van der Waals surface area (Å²) in [6.07, 6.45) is 3.06. The maximum atomic E-state index is 6.25. The van der Waals surface area contributed by atoms with E-state index < -0.39 is 8.07 Å². The summed E-state index contributed by atoms with van der Waals surface area (Å²) >= 11 is 0. The summed E-state index contributed by atoms with van der Waals surface area (Å²) < 4.78 is 8.81. The molecule has 0 saturated carbocycles. The molecule has 0 aliphatic carbocycles. The third-order valence-electron chi connectivity index (χ3n) is 5.48. The van der Waals surface area contributed by atoms with Crippen LogP contribution in [0.3, 0.4) is 0 Å². The number of hydrogen-bond donors (Lipinski definition) is 0. The molecular weight excluding hydrogens is 317 g/mol. The first-order chi connectivity index (χ1) is 11.3. The van der Waals surface area contributed by atoms with Crippen LogP contribution in [0.5, 0.6) is 0 Å². The van der Waals surface area contributed by atoms with Gasteiger partial charge < -0.3 is 4.52 Å². The van der Waals surface area contributed by atoms with E-state index in [2.05, 4.69) is 71.9 Å². The summed E-state index contributed by atoms with van der Waals surface area (Å²) in [6, 6.07) is 24.1. The molecule has 0 amide bonds. The van der Waals surface area contributed by atoms with Gasteiger partial charge in [0.2, 0.25) is 0 Å². The molecule has 2 saturated heterocycles. The summed E-state index contributed by atoms with van der Waals surface area (Å²) in [4.78, 5) is 0. The van der Waals surface area contributed by atoms with Gasteiger partial charge in [-0.2, -0.15) is 0 Å². The first-order valence-electron chi connectivity index (χ1n) is 8.56. The molecule has 0 N–H and O–H groups in total. The second-order valence-electron chi connectivity index (χ2n) is 6.92. The summed E-state index contributed by atoms with van der Waals surface area (Å²) in [6.45, 7) is 3.75. The Hall–Kier alpha value is -0.993. The fourth-order valence-corrected chi connectivity index (χ4v) is 9.28. The highest BCUT2D eigenvalue weighted by molar-refractivity contribution is 7.29. The molecule has 2 aromatic carbocycles. The van der Waals surface area contributed by atoms with Crippen LogP contribution in [0.4, 0.5) is 0 Å². The Morgan fingerprint density at radius 2 is 1.65 bits per heavy atom. The highest BCUT2D eigenvalue weighted by atomic mass is 31.1. The zero-order valence-corrected chi connectivity index (χ0v) is 15.6. The molecule has 0 bridgehead atoms. The minimum absolute atomic E-state index is 0.410. The normalized spacial score (nSPS) is 25.8. The van der Waals surface area contributed by atoms with E-state index in [1.807, 2.05) is 0 Å². The van der Waals surface area contributed by atoms with Crippen LogP contribution in [0.25, 0.3) is 0 Å². The molecule has 2 aliphatic heterocycles. The van der Waals surface area contributed by atoms with Crippen LogP contribution in [0.2, 0.25) is 12.6 Å². The Kier molecular flexibility index (Phi) is 4.38. The van der Waals surface area contributed by atoms with Crippen LogP contribution in [0.15, 0.2) is 60.7 Å².